The largest absolute Gasteiger partial charge is 0.325 e. The highest BCUT2D eigenvalue weighted by molar-refractivity contribution is 5.23. The lowest BCUT2D eigenvalue weighted by Crippen LogP contribution is -2.05. The molecule has 2 aromatic heterocycles. The number of nitrogens with zero attached hydrogens (tertiary/aromatic N) is 4. The van der Waals surface area contributed by atoms with Crippen molar-refractivity contribution in [2.45, 2.75) is 25.3 Å². The van der Waals surface area contributed by atoms with Crippen LogP contribution in [-0.4, -0.2) is 20.0 Å². The van der Waals surface area contributed by atoms with Crippen molar-refractivity contribution >= 4 is 0 Å². The number of aromatic nitrogens is 4. The van der Waals surface area contributed by atoms with Crippen molar-refractivity contribution in [3.8, 4) is 5.82 Å². The van der Waals surface area contributed by atoms with E-state index in [2.05, 4.69) is 21.4 Å². The summed E-state index contributed by atoms with van der Waals surface area (Å²) in [5.41, 5.74) is 7.41. The van der Waals surface area contributed by atoms with Crippen LogP contribution in [0.1, 0.15) is 30.1 Å². The van der Waals surface area contributed by atoms with Crippen LogP contribution in [0.3, 0.4) is 0 Å². The van der Waals surface area contributed by atoms with Gasteiger partial charge in [-0.3, -0.25) is 0 Å². The Morgan fingerprint density at radius 3 is 2.75 bits per heavy atom. The molecule has 5 nitrogen and oxygen atoms in total. The predicted octanol–water partition coefficient (Wildman–Crippen LogP) is 0.998. The molecule has 0 aliphatic heterocycles. The van der Waals surface area contributed by atoms with Crippen LogP contribution in [0.25, 0.3) is 5.82 Å². The zero-order valence-corrected chi connectivity index (χ0v) is 8.87. The molecular formula is C11H13N5. The third-order valence-electron chi connectivity index (χ3n) is 2.75. The minimum Gasteiger partial charge on any atom is -0.325 e. The molecule has 0 atom stereocenters. The molecule has 5 heteroatoms. The van der Waals surface area contributed by atoms with E-state index in [1.165, 1.54) is 12.8 Å². The first-order valence-corrected chi connectivity index (χ1v) is 5.45. The number of hydrogen-bond acceptors (Lipinski definition) is 4. The summed E-state index contributed by atoms with van der Waals surface area (Å²) in [5.74, 6) is 1.40. The molecule has 0 saturated heterocycles. The van der Waals surface area contributed by atoms with Gasteiger partial charge in [-0.05, 0) is 31.0 Å². The van der Waals surface area contributed by atoms with Crippen molar-refractivity contribution < 1.29 is 0 Å². The fraction of sp³-hybridized carbons (Fsp3) is 0.364. The Labute approximate surface area is 93.3 Å². The standard InChI is InChI=1S/C11H13N5/c12-7-9-3-4-11(14-13-9)16-6-5-10(15-16)8-1-2-8/h3-6,8H,1-2,7,12H2. The Morgan fingerprint density at radius 1 is 1.25 bits per heavy atom. The molecule has 2 aromatic rings. The van der Waals surface area contributed by atoms with Crippen molar-refractivity contribution in [2.75, 3.05) is 0 Å². The number of hydrogen-bond donors (Lipinski definition) is 1. The Morgan fingerprint density at radius 2 is 2.12 bits per heavy atom. The van der Waals surface area contributed by atoms with Gasteiger partial charge in [-0.15, -0.1) is 5.10 Å². The zero-order valence-electron chi connectivity index (χ0n) is 8.87. The topological polar surface area (TPSA) is 69.6 Å². The maximum atomic E-state index is 5.47. The molecule has 1 aliphatic rings. The highest BCUT2D eigenvalue weighted by Crippen LogP contribution is 2.38. The molecular weight excluding hydrogens is 202 g/mol. The Hall–Kier alpha value is -1.75. The van der Waals surface area contributed by atoms with Crippen molar-refractivity contribution in [1.29, 1.82) is 0 Å². The van der Waals surface area contributed by atoms with E-state index in [0.717, 1.165) is 17.2 Å². The molecule has 0 amide bonds. The first-order valence-electron chi connectivity index (χ1n) is 5.45. The zero-order chi connectivity index (χ0) is 11.0. The van der Waals surface area contributed by atoms with Crippen LogP contribution in [0.5, 0.6) is 0 Å². The van der Waals surface area contributed by atoms with Gasteiger partial charge in [-0.2, -0.15) is 10.2 Å². The van der Waals surface area contributed by atoms with E-state index >= 15 is 0 Å². The van der Waals surface area contributed by atoms with Gasteiger partial charge in [0.05, 0.1) is 11.4 Å². The molecule has 0 unspecified atom stereocenters. The normalized spacial score (nSPS) is 15.3. The smallest absolute Gasteiger partial charge is 0.175 e. The van der Waals surface area contributed by atoms with E-state index in [0.29, 0.717) is 12.5 Å². The quantitative estimate of drug-likeness (QED) is 0.829. The van der Waals surface area contributed by atoms with E-state index < -0.39 is 0 Å². The van der Waals surface area contributed by atoms with Crippen LogP contribution in [0.2, 0.25) is 0 Å². The lowest BCUT2D eigenvalue weighted by molar-refractivity contribution is 0.775. The summed E-state index contributed by atoms with van der Waals surface area (Å²) in [5, 5.41) is 12.6. The summed E-state index contributed by atoms with van der Waals surface area (Å²) in [6.45, 7) is 0.416. The summed E-state index contributed by atoms with van der Waals surface area (Å²) < 4.78 is 1.76. The van der Waals surface area contributed by atoms with Crippen LogP contribution in [-0.2, 0) is 6.54 Å². The Kier molecular flexibility index (Phi) is 2.18. The molecule has 3 rings (SSSR count). The van der Waals surface area contributed by atoms with Crippen LogP contribution in [0, 0.1) is 0 Å². The summed E-state index contributed by atoms with van der Waals surface area (Å²) in [6.07, 6.45) is 4.45. The van der Waals surface area contributed by atoms with E-state index in [-0.39, 0.29) is 0 Å². The first kappa shape index (κ1) is 9.47. The average Bonchev–Trinajstić information content (AvgIpc) is 3.08. The molecule has 0 spiro atoms. The number of nitrogens with two attached hydrogens (primary N) is 1. The third-order valence-corrected chi connectivity index (χ3v) is 2.75. The van der Waals surface area contributed by atoms with Crippen LogP contribution >= 0.6 is 0 Å². The molecule has 82 valence electrons. The Balaban J connectivity index is 1.88. The van der Waals surface area contributed by atoms with Crippen molar-refractivity contribution in [3.63, 3.8) is 0 Å². The van der Waals surface area contributed by atoms with E-state index in [4.69, 9.17) is 5.73 Å². The fourth-order valence-electron chi connectivity index (χ4n) is 1.65. The second-order valence-corrected chi connectivity index (χ2v) is 4.05. The fourth-order valence-corrected chi connectivity index (χ4v) is 1.65. The van der Waals surface area contributed by atoms with Crippen molar-refractivity contribution in [3.05, 3.63) is 35.8 Å². The minimum atomic E-state index is 0.416. The van der Waals surface area contributed by atoms with Gasteiger partial charge in [-0.1, -0.05) is 0 Å². The molecule has 16 heavy (non-hydrogen) atoms. The van der Waals surface area contributed by atoms with Crippen molar-refractivity contribution in [1.82, 2.24) is 20.0 Å². The van der Waals surface area contributed by atoms with Gasteiger partial charge in [0.15, 0.2) is 5.82 Å². The van der Waals surface area contributed by atoms with Gasteiger partial charge in [-0.25, -0.2) is 4.68 Å². The van der Waals surface area contributed by atoms with E-state index in [1.807, 2.05) is 18.3 Å². The van der Waals surface area contributed by atoms with Gasteiger partial charge >= 0.3 is 0 Å². The molecule has 2 N–H and O–H groups in total. The summed E-state index contributed by atoms with van der Waals surface area (Å²) in [7, 11) is 0. The first-order chi connectivity index (χ1) is 7.86. The van der Waals surface area contributed by atoms with E-state index in [1.54, 1.807) is 4.68 Å². The van der Waals surface area contributed by atoms with Crippen LogP contribution < -0.4 is 5.73 Å². The maximum Gasteiger partial charge on any atom is 0.175 e. The molecule has 1 fully saturated rings. The third kappa shape index (κ3) is 1.69. The second kappa shape index (κ2) is 3.68. The second-order valence-electron chi connectivity index (χ2n) is 4.05. The van der Waals surface area contributed by atoms with Gasteiger partial charge in [0, 0.05) is 18.7 Å². The average molecular weight is 215 g/mol. The Bertz CT molecular complexity index is 483. The SMILES string of the molecule is NCc1ccc(-n2ccc(C3CC3)n2)nn1. The number of rotatable bonds is 3. The van der Waals surface area contributed by atoms with E-state index in [9.17, 15) is 0 Å². The van der Waals surface area contributed by atoms with Gasteiger partial charge in [0.25, 0.3) is 0 Å². The molecule has 2 heterocycles. The molecule has 0 radical (unpaired) electrons. The monoisotopic (exact) mass is 215 g/mol. The molecule has 0 bridgehead atoms. The predicted molar refractivity (Wildman–Crippen MR) is 59.0 cm³/mol. The highest BCUT2D eigenvalue weighted by Gasteiger charge is 2.25. The minimum absolute atomic E-state index is 0.416. The molecule has 1 saturated carbocycles. The lowest BCUT2D eigenvalue weighted by atomic mass is 10.3. The highest BCUT2D eigenvalue weighted by atomic mass is 15.3. The lowest BCUT2D eigenvalue weighted by Gasteiger charge is -1.99. The summed E-state index contributed by atoms with van der Waals surface area (Å²) in [4.78, 5) is 0. The molecule has 0 aromatic carbocycles. The van der Waals surface area contributed by atoms with Crippen molar-refractivity contribution in [2.24, 2.45) is 5.73 Å². The summed E-state index contributed by atoms with van der Waals surface area (Å²) >= 11 is 0. The van der Waals surface area contributed by atoms with Crippen LogP contribution in [0.4, 0.5) is 0 Å². The summed E-state index contributed by atoms with van der Waals surface area (Å²) in [6, 6.07) is 5.82. The molecule has 1 aliphatic carbocycles. The van der Waals surface area contributed by atoms with Gasteiger partial charge in [0.2, 0.25) is 0 Å². The van der Waals surface area contributed by atoms with Gasteiger partial charge in [0.1, 0.15) is 0 Å². The maximum absolute atomic E-state index is 5.47. The van der Waals surface area contributed by atoms with Crippen LogP contribution in [0.15, 0.2) is 24.4 Å². The van der Waals surface area contributed by atoms with Gasteiger partial charge < -0.3 is 5.73 Å².